The van der Waals surface area contributed by atoms with Gasteiger partial charge in [0.15, 0.2) is 0 Å². The van der Waals surface area contributed by atoms with Gasteiger partial charge < -0.3 is 0 Å². The first-order valence-corrected chi connectivity index (χ1v) is 6.47. The summed E-state index contributed by atoms with van der Waals surface area (Å²) >= 11 is 6.08. The van der Waals surface area contributed by atoms with Gasteiger partial charge in [0.05, 0.1) is 0 Å². The molecule has 2 aromatic carbocycles. The Morgan fingerprint density at radius 1 is 1.11 bits per heavy atom. The summed E-state index contributed by atoms with van der Waals surface area (Å²) in [5, 5.41) is 0.679. The van der Waals surface area contributed by atoms with Crippen LogP contribution in [0.4, 0.5) is 0 Å². The number of fused-ring (bicyclic) bond motifs is 1. The molecule has 0 N–H and O–H groups in total. The van der Waals surface area contributed by atoms with Crippen molar-refractivity contribution in [1.82, 2.24) is 0 Å². The average molecular weight is 257 g/mol. The maximum Gasteiger partial charge on any atom is 0.145 e. The fraction of sp³-hybridized carbons (Fsp3) is 0.188. The third-order valence-corrected chi connectivity index (χ3v) is 3.93. The molecular weight excluding hydrogens is 244 g/mol. The summed E-state index contributed by atoms with van der Waals surface area (Å²) < 4.78 is 0. The lowest BCUT2D eigenvalue weighted by molar-refractivity contribution is -0.120. The summed E-state index contributed by atoms with van der Waals surface area (Å²) in [7, 11) is 0. The van der Waals surface area contributed by atoms with Gasteiger partial charge in [-0.3, -0.25) is 4.79 Å². The van der Waals surface area contributed by atoms with Gasteiger partial charge in [0.2, 0.25) is 0 Å². The Kier molecular flexibility index (Phi) is 2.92. The van der Waals surface area contributed by atoms with Gasteiger partial charge in [-0.2, -0.15) is 0 Å². The molecule has 0 aromatic heterocycles. The number of hydrogen-bond acceptors (Lipinski definition) is 1. The molecule has 0 aliphatic heterocycles. The van der Waals surface area contributed by atoms with Crippen LogP contribution in [-0.2, 0) is 17.6 Å². The Morgan fingerprint density at radius 2 is 1.83 bits per heavy atom. The van der Waals surface area contributed by atoms with Gasteiger partial charge in [-0.05, 0) is 29.2 Å². The van der Waals surface area contributed by atoms with E-state index in [0.29, 0.717) is 11.4 Å². The van der Waals surface area contributed by atoms with Gasteiger partial charge in [0.1, 0.15) is 5.78 Å². The van der Waals surface area contributed by atoms with Crippen LogP contribution in [0.15, 0.2) is 48.5 Å². The van der Waals surface area contributed by atoms with Gasteiger partial charge in [0.25, 0.3) is 0 Å². The zero-order valence-electron chi connectivity index (χ0n) is 9.90. The monoisotopic (exact) mass is 256 g/mol. The van der Waals surface area contributed by atoms with Crippen molar-refractivity contribution >= 4 is 17.4 Å². The van der Waals surface area contributed by atoms with Crippen LogP contribution >= 0.6 is 11.6 Å². The van der Waals surface area contributed by atoms with E-state index in [0.717, 1.165) is 12.0 Å². The highest BCUT2D eigenvalue weighted by Crippen LogP contribution is 2.36. The third-order valence-electron chi connectivity index (χ3n) is 3.57. The van der Waals surface area contributed by atoms with E-state index in [4.69, 9.17) is 11.6 Å². The Balaban J connectivity index is 1.77. The molecule has 1 nitrogen and oxygen atoms in total. The number of halogens is 1. The van der Waals surface area contributed by atoms with Gasteiger partial charge in [0, 0.05) is 17.4 Å². The summed E-state index contributed by atoms with van der Waals surface area (Å²) in [4.78, 5) is 12.3. The number of carbonyl (C=O) groups is 1. The van der Waals surface area contributed by atoms with E-state index in [-0.39, 0.29) is 11.7 Å². The van der Waals surface area contributed by atoms with Crippen LogP contribution in [0.2, 0.25) is 5.02 Å². The second-order valence-electron chi connectivity index (χ2n) is 4.69. The van der Waals surface area contributed by atoms with Gasteiger partial charge in [-0.15, -0.1) is 0 Å². The lowest BCUT2D eigenvalue weighted by Gasteiger charge is -2.28. The highest BCUT2D eigenvalue weighted by atomic mass is 35.5. The minimum Gasteiger partial charge on any atom is -0.299 e. The van der Waals surface area contributed by atoms with Crippen molar-refractivity contribution in [2.75, 3.05) is 0 Å². The minimum atomic E-state index is 0.0671. The van der Waals surface area contributed by atoms with Crippen molar-refractivity contribution in [3.05, 3.63) is 70.2 Å². The minimum absolute atomic E-state index is 0.0671. The summed E-state index contributed by atoms with van der Waals surface area (Å²) in [5.41, 5.74) is 3.41. The van der Waals surface area contributed by atoms with Crippen LogP contribution in [0.1, 0.15) is 22.6 Å². The normalized spacial score (nSPS) is 16.8. The van der Waals surface area contributed by atoms with E-state index in [1.807, 2.05) is 42.5 Å². The molecule has 0 fully saturated rings. The lowest BCUT2D eigenvalue weighted by atomic mass is 9.74. The van der Waals surface area contributed by atoms with Crippen molar-refractivity contribution in [3.63, 3.8) is 0 Å². The van der Waals surface area contributed by atoms with E-state index >= 15 is 0 Å². The quantitative estimate of drug-likeness (QED) is 0.817. The number of rotatable bonds is 3. The number of carbonyl (C=O) groups excluding carboxylic acids is 1. The number of Topliss-reactive ketones (excluding diaryl/α,β-unsaturated/α-hetero) is 1. The number of benzene rings is 2. The molecule has 1 unspecified atom stereocenters. The first-order chi connectivity index (χ1) is 8.75. The summed E-state index contributed by atoms with van der Waals surface area (Å²) in [6.45, 7) is 0. The van der Waals surface area contributed by atoms with Crippen molar-refractivity contribution < 1.29 is 4.79 Å². The molecule has 0 radical (unpaired) electrons. The topological polar surface area (TPSA) is 17.1 Å². The van der Waals surface area contributed by atoms with Gasteiger partial charge >= 0.3 is 0 Å². The smallest absolute Gasteiger partial charge is 0.145 e. The molecule has 0 amide bonds. The maximum absolute atomic E-state index is 12.3. The van der Waals surface area contributed by atoms with Crippen LogP contribution in [0.3, 0.4) is 0 Å². The van der Waals surface area contributed by atoms with E-state index in [1.165, 1.54) is 11.1 Å². The Morgan fingerprint density at radius 3 is 2.61 bits per heavy atom. The van der Waals surface area contributed by atoms with E-state index in [2.05, 4.69) is 6.07 Å². The SMILES string of the molecule is O=C(Cc1ccccc1Cl)C1Cc2ccccc21. The molecule has 18 heavy (non-hydrogen) atoms. The zero-order chi connectivity index (χ0) is 12.5. The molecule has 0 heterocycles. The largest absolute Gasteiger partial charge is 0.299 e. The van der Waals surface area contributed by atoms with Crippen molar-refractivity contribution in [1.29, 1.82) is 0 Å². The Labute approximate surface area is 111 Å². The van der Waals surface area contributed by atoms with E-state index < -0.39 is 0 Å². The molecule has 2 aromatic rings. The Hall–Kier alpha value is -1.60. The molecule has 3 rings (SSSR count). The second-order valence-corrected chi connectivity index (χ2v) is 5.10. The lowest BCUT2D eigenvalue weighted by Crippen LogP contribution is -2.26. The molecule has 90 valence electrons. The Bertz CT molecular complexity index is 604. The second kappa shape index (κ2) is 4.58. The number of ketones is 1. The van der Waals surface area contributed by atoms with Crippen LogP contribution in [-0.4, -0.2) is 5.78 Å². The molecule has 1 aliphatic carbocycles. The molecule has 0 saturated heterocycles. The fourth-order valence-electron chi connectivity index (χ4n) is 2.50. The van der Waals surface area contributed by atoms with Crippen molar-refractivity contribution in [3.8, 4) is 0 Å². The van der Waals surface area contributed by atoms with E-state index in [9.17, 15) is 4.79 Å². The third kappa shape index (κ3) is 1.95. The van der Waals surface area contributed by atoms with Gasteiger partial charge in [-0.25, -0.2) is 0 Å². The fourth-order valence-corrected chi connectivity index (χ4v) is 2.70. The summed E-state index contributed by atoms with van der Waals surface area (Å²) in [6.07, 6.45) is 1.30. The zero-order valence-corrected chi connectivity index (χ0v) is 10.7. The average Bonchev–Trinajstić information content (AvgIpc) is 2.34. The molecule has 0 saturated carbocycles. The summed E-state index contributed by atoms with van der Waals surface area (Å²) in [5.74, 6) is 0.333. The molecule has 2 heteroatoms. The van der Waals surface area contributed by atoms with Crippen LogP contribution in [0.5, 0.6) is 0 Å². The molecular formula is C16H13ClO. The molecule has 0 bridgehead atoms. The highest BCUT2D eigenvalue weighted by molar-refractivity contribution is 6.31. The summed E-state index contributed by atoms with van der Waals surface area (Å²) in [6, 6.07) is 15.7. The van der Waals surface area contributed by atoms with Crippen LogP contribution < -0.4 is 0 Å². The van der Waals surface area contributed by atoms with Crippen LogP contribution in [0.25, 0.3) is 0 Å². The van der Waals surface area contributed by atoms with Crippen molar-refractivity contribution in [2.24, 2.45) is 0 Å². The molecule has 1 atom stereocenters. The van der Waals surface area contributed by atoms with Gasteiger partial charge in [-0.1, -0.05) is 54.1 Å². The van der Waals surface area contributed by atoms with Crippen LogP contribution in [0, 0.1) is 0 Å². The number of hydrogen-bond donors (Lipinski definition) is 0. The standard InChI is InChI=1S/C16H13ClO/c17-15-8-4-2-6-12(15)10-16(18)14-9-11-5-1-3-7-13(11)14/h1-8,14H,9-10H2. The first kappa shape index (κ1) is 11.5. The predicted molar refractivity (Wildman–Crippen MR) is 73.1 cm³/mol. The molecule has 0 spiro atoms. The molecule has 1 aliphatic rings. The predicted octanol–water partition coefficient (Wildman–Crippen LogP) is 3.79. The maximum atomic E-state index is 12.3. The van der Waals surface area contributed by atoms with Crippen molar-refractivity contribution in [2.45, 2.75) is 18.8 Å². The van der Waals surface area contributed by atoms with E-state index in [1.54, 1.807) is 0 Å². The first-order valence-electron chi connectivity index (χ1n) is 6.09. The highest BCUT2D eigenvalue weighted by Gasteiger charge is 2.31.